The van der Waals surface area contributed by atoms with Crippen molar-refractivity contribution in [3.8, 4) is 0 Å². The number of carbonyl (C=O) groups excluding carboxylic acids is 1. The van der Waals surface area contributed by atoms with Crippen LogP contribution in [0.2, 0.25) is 0 Å². The summed E-state index contributed by atoms with van der Waals surface area (Å²) in [7, 11) is 0. The second kappa shape index (κ2) is 7.28. The lowest BCUT2D eigenvalue weighted by atomic mass is 10.1. The summed E-state index contributed by atoms with van der Waals surface area (Å²) in [6.45, 7) is 3.84. The molecule has 2 amide bonds. The molecule has 0 bridgehead atoms. The van der Waals surface area contributed by atoms with Crippen LogP contribution < -0.4 is 10.6 Å². The van der Waals surface area contributed by atoms with E-state index in [1.807, 2.05) is 13.8 Å². The fourth-order valence-electron chi connectivity index (χ4n) is 1.84. The fourth-order valence-corrected chi connectivity index (χ4v) is 1.84. The Morgan fingerprint density at radius 1 is 1.10 bits per heavy atom. The van der Waals surface area contributed by atoms with E-state index in [0.717, 1.165) is 18.9 Å². The van der Waals surface area contributed by atoms with Crippen LogP contribution in [0.4, 0.5) is 10.5 Å². The van der Waals surface area contributed by atoms with Gasteiger partial charge >= 0.3 is 18.0 Å². The van der Waals surface area contributed by atoms with Crippen LogP contribution in [0.1, 0.15) is 47.4 Å². The number of rotatable bonds is 6. The summed E-state index contributed by atoms with van der Waals surface area (Å²) in [5.41, 5.74) is -0.285. The standard InChI is InChI=1S/C14H18N2O5/c1-3-4-8(2)15-14(21)16-11-6-9(12(17)18)5-10(7-11)13(19)20/h5-8H,3-4H2,1-2H3,(H,17,18)(H,19,20)(H2,15,16,21). The summed E-state index contributed by atoms with van der Waals surface area (Å²) in [6.07, 6.45) is 1.72. The van der Waals surface area contributed by atoms with Gasteiger partial charge in [-0.3, -0.25) is 0 Å². The predicted octanol–water partition coefficient (Wildman–Crippen LogP) is 2.39. The van der Waals surface area contributed by atoms with E-state index in [2.05, 4.69) is 10.6 Å². The lowest BCUT2D eigenvalue weighted by molar-refractivity contribution is 0.0696. The summed E-state index contributed by atoms with van der Waals surface area (Å²) in [5.74, 6) is -2.53. The number of hydrogen-bond acceptors (Lipinski definition) is 3. The fraction of sp³-hybridized carbons (Fsp3) is 0.357. The summed E-state index contributed by atoms with van der Waals surface area (Å²) in [6, 6.07) is 2.91. The summed E-state index contributed by atoms with van der Waals surface area (Å²) in [4.78, 5) is 33.7. The minimum Gasteiger partial charge on any atom is -0.478 e. The van der Waals surface area contributed by atoms with Crippen molar-refractivity contribution in [2.45, 2.75) is 32.7 Å². The van der Waals surface area contributed by atoms with E-state index in [9.17, 15) is 14.4 Å². The van der Waals surface area contributed by atoms with Crippen molar-refractivity contribution in [2.24, 2.45) is 0 Å². The van der Waals surface area contributed by atoms with E-state index < -0.39 is 18.0 Å². The molecular weight excluding hydrogens is 276 g/mol. The number of nitrogens with one attached hydrogen (secondary N) is 2. The molecule has 1 rings (SSSR count). The molecule has 114 valence electrons. The minimum absolute atomic E-state index is 0.0309. The van der Waals surface area contributed by atoms with Gasteiger partial charge in [-0.1, -0.05) is 13.3 Å². The molecule has 0 radical (unpaired) electrons. The summed E-state index contributed by atoms with van der Waals surface area (Å²) >= 11 is 0. The van der Waals surface area contributed by atoms with Crippen LogP contribution in [0.5, 0.6) is 0 Å². The molecule has 0 aliphatic heterocycles. The highest BCUT2D eigenvalue weighted by Gasteiger charge is 2.13. The maximum Gasteiger partial charge on any atom is 0.335 e. The molecule has 21 heavy (non-hydrogen) atoms. The monoisotopic (exact) mass is 294 g/mol. The van der Waals surface area contributed by atoms with Gasteiger partial charge in [0.25, 0.3) is 0 Å². The molecule has 0 aliphatic carbocycles. The molecule has 7 heteroatoms. The second-order valence-corrected chi connectivity index (χ2v) is 4.70. The number of carboxylic acids is 2. The van der Waals surface area contributed by atoms with Gasteiger partial charge in [-0.25, -0.2) is 14.4 Å². The smallest absolute Gasteiger partial charge is 0.335 e. The van der Waals surface area contributed by atoms with Crippen LogP contribution in [0.3, 0.4) is 0 Å². The van der Waals surface area contributed by atoms with Gasteiger partial charge in [0, 0.05) is 11.7 Å². The third-order valence-corrected chi connectivity index (χ3v) is 2.78. The van der Waals surface area contributed by atoms with Crippen LogP contribution >= 0.6 is 0 Å². The SMILES string of the molecule is CCCC(C)NC(=O)Nc1cc(C(=O)O)cc(C(=O)O)c1. The summed E-state index contributed by atoms with van der Waals surface area (Å²) in [5, 5.41) is 23.0. The van der Waals surface area contributed by atoms with Crippen LogP contribution in [0.25, 0.3) is 0 Å². The zero-order chi connectivity index (χ0) is 16.0. The van der Waals surface area contributed by atoms with E-state index in [4.69, 9.17) is 10.2 Å². The molecule has 0 saturated carbocycles. The maximum absolute atomic E-state index is 11.7. The molecule has 0 aliphatic rings. The molecule has 4 N–H and O–H groups in total. The number of hydrogen-bond donors (Lipinski definition) is 4. The number of amides is 2. The molecular formula is C14H18N2O5. The molecule has 1 aromatic rings. The zero-order valence-corrected chi connectivity index (χ0v) is 11.8. The Morgan fingerprint density at radius 3 is 2.05 bits per heavy atom. The Morgan fingerprint density at radius 2 is 1.62 bits per heavy atom. The van der Waals surface area contributed by atoms with Gasteiger partial charge in [0.1, 0.15) is 0 Å². The normalized spacial score (nSPS) is 11.5. The average Bonchev–Trinajstić information content (AvgIpc) is 2.37. The predicted molar refractivity (Wildman–Crippen MR) is 76.9 cm³/mol. The van der Waals surface area contributed by atoms with Crippen molar-refractivity contribution in [1.82, 2.24) is 5.32 Å². The van der Waals surface area contributed by atoms with Gasteiger partial charge in [-0.05, 0) is 31.5 Å². The number of urea groups is 1. The van der Waals surface area contributed by atoms with Gasteiger partial charge in [-0.15, -0.1) is 0 Å². The Labute approximate surface area is 122 Å². The highest BCUT2D eigenvalue weighted by atomic mass is 16.4. The molecule has 1 aromatic carbocycles. The number of carboxylic acid groups (broad SMARTS) is 2. The molecule has 0 spiro atoms. The molecule has 0 fully saturated rings. The van der Waals surface area contributed by atoms with Crippen LogP contribution in [0, 0.1) is 0 Å². The first-order valence-corrected chi connectivity index (χ1v) is 6.52. The minimum atomic E-state index is -1.26. The topological polar surface area (TPSA) is 116 Å². The maximum atomic E-state index is 11.7. The average molecular weight is 294 g/mol. The number of aromatic carboxylic acids is 2. The van der Waals surface area contributed by atoms with E-state index >= 15 is 0 Å². The van der Waals surface area contributed by atoms with Crippen LogP contribution in [-0.4, -0.2) is 34.2 Å². The zero-order valence-electron chi connectivity index (χ0n) is 11.8. The van der Waals surface area contributed by atoms with E-state index in [1.54, 1.807) is 0 Å². The molecule has 1 atom stereocenters. The molecule has 0 heterocycles. The highest BCUT2D eigenvalue weighted by molar-refractivity contribution is 5.98. The molecule has 0 saturated heterocycles. The van der Waals surface area contributed by atoms with Crippen molar-refractivity contribution in [1.29, 1.82) is 0 Å². The third kappa shape index (κ3) is 5.13. The lowest BCUT2D eigenvalue weighted by Crippen LogP contribution is -2.36. The van der Waals surface area contributed by atoms with Crippen LogP contribution in [-0.2, 0) is 0 Å². The Balaban J connectivity index is 2.89. The first kappa shape index (κ1) is 16.5. The first-order valence-electron chi connectivity index (χ1n) is 6.52. The quantitative estimate of drug-likeness (QED) is 0.643. The number of anilines is 1. The van der Waals surface area contributed by atoms with Crippen molar-refractivity contribution in [3.05, 3.63) is 29.3 Å². The first-order chi connectivity index (χ1) is 9.83. The van der Waals surface area contributed by atoms with Crippen molar-refractivity contribution < 1.29 is 24.6 Å². The Hall–Kier alpha value is -2.57. The molecule has 0 aromatic heterocycles. The van der Waals surface area contributed by atoms with Crippen molar-refractivity contribution in [2.75, 3.05) is 5.32 Å². The Bertz CT molecular complexity index is 524. The molecule has 7 nitrogen and oxygen atoms in total. The van der Waals surface area contributed by atoms with Crippen molar-refractivity contribution >= 4 is 23.7 Å². The third-order valence-electron chi connectivity index (χ3n) is 2.78. The van der Waals surface area contributed by atoms with Gasteiger partial charge in [0.05, 0.1) is 11.1 Å². The van der Waals surface area contributed by atoms with Gasteiger partial charge < -0.3 is 20.8 Å². The Kier molecular flexibility index (Phi) is 5.71. The van der Waals surface area contributed by atoms with Crippen molar-refractivity contribution in [3.63, 3.8) is 0 Å². The lowest BCUT2D eigenvalue weighted by Gasteiger charge is -2.14. The van der Waals surface area contributed by atoms with E-state index in [-0.39, 0.29) is 22.9 Å². The largest absolute Gasteiger partial charge is 0.478 e. The van der Waals surface area contributed by atoms with E-state index in [1.165, 1.54) is 12.1 Å². The second-order valence-electron chi connectivity index (χ2n) is 4.70. The van der Waals surface area contributed by atoms with Gasteiger partial charge in [0.15, 0.2) is 0 Å². The van der Waals surface area contributed by atoms with Crippen LogP contribution in [0.15, 0.2) is 18.2 Å². The van der Waals surface area contributed by atoms with Gasteiger partial charge in [0.2, 0.25) is 0 Å². The van der Waals surface area contributed by atoms with Gasteiger partial charge in [-0.2, -0.15) is 0 Å². The highest BCUT2D eigenvalue weighted by Crippen LogP contribution is 2.15. The molecule has 1 unspecified atom stereocenters. The summed E-state index contributed by atoms with van der Waals surface area (Å²) < 4.78 is 0. The number of benzene rings is 1. The van der Waals surface area contributed by atoms with E-state index in [0.29, 0.717) is 0 Å². The number of carbonyl (C=O) groups is 3.